The molecule has 0 spiro atoms. The molecule has 2 aliphatic rings. The van der Waals surface area contributed by atoms with Crippen molar-refractivity contribution in [1.29, 1.82) is 0 Å². The molecule has 6 nitrogen and oxygen atoms in total. The molecular weight excluding hydrogens is 426 g/mol. The van der Waals surface area contributed by atoms with E-state index < -0.39 is 11.6 Å². The van der Waals surface area contributed by atoms with Crippen LogP contribution in [0.1, 0.15) is 86.7 Å². The first kappa shape index (κ1) is 24.8. The van der Waals surface area contributed by atoms with Crippen LogP contribution >= 0.6 is 11.3 Å². The Morgan fingerprint density at radius 3 is 2.31 bits per heavy atom. The minimum absolute atomic E-state index is 0.00493. The van der Waals surface area contributed by atoms with E-state index in [4.69, 9.17) is 0 Å². The Balaban J connectivity index is 1.94. The molecule has 32 heavy (non-hydrogen) atoms. The molecule has 176 valence electrons. The summed E-state index contributed by atoms with van der Waals surface area (Å²) in [5, 5.41) is 29.7. The third-order valence-corrected chi connectivity index (χ3v) is 7.60. The fourth-order valence-corrected chi connectivity index (χ4v) is 5.48. The summed E-state index contributed by atoms with van der Waals surface area (Å²) in [5.74, 6) is 5.30. The van der Waals surface area contributed by atoms with Gasteiger partial charge in [0.2, 0.25) is 5.91 Å². The lowest BCUT2D eigenvalue weighted by Crippen LogP contribution is -2.42. The molecule has 1 aromatic rings. The summed E-state index contributed by atoms with van der Waals surface area (Å²) in [6, 6.07) is 1.69. The number of carbonyl (C=O) groups is 2. The average Bonchev–Trinajstić information content (AvgIpc) is 3.16. The second-order valence-corrected chi connectivity index (χ2v) is 11.1. The van der Waals surface area contributed by atoms with Gasteiger partial charge < -0.3 is 20.2 Å². The number of aliphatic hydroxyl groups excluding tert-OH is 1. The number of carbonyl (C=O) groups excluding carboxylic acids is 1. The van der Waals surface area contributed by atoms with Crippen LogP contribution in [0.4, 0.5) is 5.69 Å². The van der Waals surface area contributed by atoms with Crippen LogP contribution in [0.15, 0.2) is 6.07 Å². The summed E-state index contributed by atoms with van der Waals surface area (Å²) >= 11 is 1.05. The van der Waals surface area contributed by atoms with Gasteiger partial charge in [0.05, 0.1) is 16.7 Å². The predicted molar refractivity (Wildman–Crippen MR) is 126 cm³/mol. The summed E-state index contributed by atoms with van der Waals surface area (Å²) < 4.78 is 0. The Kier molecular flexibility index (Phi) is 8.02. The summed E-state index contributed by atoms with van der Waals surface area (Å²) in [7, 11) is 0. The molecule has 0 atom stereocenters. The van der Waals surface area contributed by atoms with Crippen molar-refractivity contribution in [3.63, 3.8) is 0 Å². The maximum atomic E-state index is 13.7. The lowest BCUT2D eigenvalue weighted by molar-refractivity contribution is -0.123. The van der Waals surface area contributed by atoms with Gasteiger partial charge in [-0.15, -0.1) is 11.3 Å². The summed E-state index contributed by atoms with van der Waals surface area (Å²) in [6.07, 6.45) is 6.48. The quantitative estimate of drug-likeness (QED) is 0.569. The number of carboxylic acid groups (broad SMARTS) is 1. The first-order valence-electron chi connectivity index (χ1n) is 11.7. The van der Waals surface area contributed by atoms with Crippen LogP contribution in [0.3, 0.4) is 0 Å². The number of thiophene rings is 1. The third-order valence-electron chi connectivity index (χ3n) is 6.58. The van der Waals surface area contributed by atoms with Gasteiger partial charge in [0.15, 0.2) is 0 Å². The van der Waals surface area contributed by atoms with Gasteiger partial charge in [0, 0.05) is 12.5 Å². The second kappa shape index (κ2) is 10.4. The SMILES string of the molecule is CC1CCC(C(=O)N(CC2CCC(O)CC2)c2cc(C#CC(C)(C)O)sc2C(=O)O)CC1. The van der Waals surface area contributed by atoms with Gasteiger partial charge in [-0.05, 0) is 83.1 Å². The van der Waals surface area contributed by atoms with Crippen LogP contribution in [-0.2, 0) is 4.79 Å². The van der Waals surface area contributed by atoms with Crippen LogP contribution in [0.25, 0.3) is 0 Å². The Morgan fingerprint density at radius 2 is 1.75 bits per heavy atom. The maximum absolute atomic E-state index is 13.7. The number of anilines is 1. The molecule has 1 aromatic heterocycles. The number of aromatic carboxylic acids is 1. The lowest BCUT2D eigenvalue weighted by Gasteiger charge is -2.35. The van der Waals surface area contributed by atoms with E-state index >= 15 is 0 Å². The number of hydrogen-bond donors (Lipinski definition) is 3. The van der Waals surface area contributed by atoms with Crippen molar-refractivity contribution < 1.29 is 24.9 Å². The first-order valence-corrected chi connectivity index (χ1v) is 12.5. The number of amides is 1. The summed E-state index contributed by atoms with van der Waals surface area (Å²) in [6.45, 7) is 5.82. The molecule has 1 amide bonds. The van der Waals surface area contributed by atoms with Crippen LogP contribution < -0.4 is 4.90 Å². The number of aliphatic hydroxyl groups is 2. The molecule has 7 heteroatoms. The van der Waals surface area contributed by atoms with Gasteiger partial charge in [-0.2, -0.15) is 0 Å². The van der Waals surface area contributed by atoms with E-state index in [-0.39, 0.29) is 28.7 Å². The van der Waals surface area contributed by atoms with E-state index in [1.165, 1.54) is 0 Å². The lowest BCUT2D eigenvalue weighted by atomic mass is 9.81. The highest BCUT2D eigenvalue weighted by molar-refractivity contribution is 7.15. The van der Waals surface area contributed by atoms with Gasteiger partial charge in [0.25, 0.3) is 0 Å². The minimum Gasteiger partial charge on any atom is -0.477 e. The molecule has 3 rings (SSSR count). The van der Waals surface area contributed by atoms with Gasteiger partial charge in [-0.1, -0.05) is 18.8 Å². The van der Waals surface area contributed by atoms with Crippen molar-refractivity contribution in [3.8, 4) is 11.8 Å². The highest BCUT2D eigenvalue weighted by atomic mass is 32.1. The topological polar surface area (TPSA) is 98.1 Å². The van der Waals surface area contributed by atoms with E-state index in [2.05, 4.69) is 18.8 Å². The van der Waals surface area contributed by atoms with Crippen LogP contribution in [0.2, 0.25) is 0 Å². The normalized spacial score (nSPS) is 26.2. The summed E-state index contributed by atoms with van der Waals surface area (Å²) in [5.41, 5.74) is -0.776. The zero-order chi connectivity index (χ0) is 23.5. The van der Waals surface area contributed by atoms with E-state index in [1.807, 2.05) is 0 Å². The van der Waals surface area contributed by atoms with Gasteiger partial charge >= 0.3 is 5.97 Å². The zero-order valence-electron chi connectivity index (χ0n) is 19.3. The highest BCUT2D eigenvalue weighted by Gasteiger charge is 2.34. The molecule has 0 saturated heterocycles. The van der Waals surface area contributed by atoms with E-state index in [9.17, 15) is 24.9 Å². The van der Waals surface area contributed by atoms with E-state index in [0.717, 1.165) is 49.9 Å². The molecular formula is C25H35NO5S. The molecule has 1 heterocycles. The molecule has 0 unspecified atom stereocenters. The van der Waals surface area contributed by atoms with Gasteiger partial charge in [-0.3, -0.25) is 4.79 Å². The zero-order valence-corrected chi connectivity index (χ0v) is 20.1. The largest absolute Gasteiger partial charge is 0.477 e. The van der Waals surface area contributed by atoms with Gasteiger partial charge in [-0.25, -0.2) is 4.79 Å². The number of hydrogen-bond acceptors (Lipinski definition) is 5. The number of rotatable bonds is 5. The van der Waals surface area contributed by atoms with Crippen molar-refractivity contribution in [2.75, 3.05) is 11.4 Å². The van der Waals surface area contributed by atoms with Crippen LogP contribution in [0.5, 0.6) is 0 Å². The number of carboxylic acids is 1. The Morgan fingerprint density at radius 1 is 1.12 bits per heavy atom. The maximum Gasteiger partial charge on any atom is 0.348 e. The van der Waals surface area contributed by atoms with Crippen molar-refractivity contribution in [3.05, 3.63) is 15.8 Å². The Bertz CT molecular complexity index is 874. The third kappa shape index (κ3) is 6.57. The highest BCUT2D eigenvalue weighted by Crippen LogP contribution is 2.37. The van der Waals surface area contributed by atoms with Crippen LogP contribution in [-0.4, -0.2) is 45.4 Å². The Hall–Kier alpha value is -1.88. The number of nitrogens with zero attached hydrogens (tertiary/aromatic N) is 1. The Labute approximate surface area is 194 Å². The molecule has 2 saturated carbocycles. The fraction of sp³-hybridized carbons (Fsp3) is 0.680. The average molecular weight is 462 g/mol. The predicted octanol–water partition coefficient (Wildman–Crippen LogP) is 4.28. The molecule has 0 aromatic carbocycles. The standard InChI is InChI=1S/C25H35NO5S/c1-16-4-8-18(9-5-16)23(28)26(15-17-6-10-19(27)11-7-17)21-14-20(12-13-25(2,3)31)32-22(21)24(29)30/h14,16-19,27,31H,4-11,15H2,1-3H3,(H,29,30). The van der Waals surface area contributed by atoms with E-state index in [1.54, 1.807) is 24.8 Å². The molecule has 0 aliphatic heterocycles. The molecule has 2 fully saturated rings. The smallest absolute Gasteiger partial charge is 0.348 e. The first-order chi connectivity index (χ1) is 15.0. The van der Waals surface area contributed by atoms with Crippen molar-refractivity contribution in [2.45, 2.75) is 83.8 Å². The van der Waals surface area contributed by atoms with Crippen molar-refractivity contribution in [1.82, 2.24) is 0 Å². The van der Waals surface area contributed by atoms with Crippen LogP contribution in [0, 0.1) is 29.6 Å². The fourth-order valence-electron chi connectivity index (χ4n) is 4.63. The van der Waals surface area contributed by atoms with Crippen molar-refractivity contribution >= 4 is 28.9 Å². The minimum atomic E-state index is -1.19. The molecule has 0 radical (unpaired) electrons. The van der Waals surface area contributed by atoms with Gasteiger partial charge in [0.1, 0.15) is 10.5 Å². The molecule has 2 aliphatic carbocycles. The van der Waals surface area contributed by atoms with Crippen molar-refractivity contribution in [2.24, 2.45) is 17.8 Å². The second-order valence-electron chi connectivity index (χ2n) is 10.0. The van der Waals surface area contributed by atoms with E-state index in [0.29, 0.717) is 35.9 Å². The molecule has 3 N–H and O–H groups in total. The molecule has 0 bridgehead atoms. The monoisotopic (exact) mass is 461 g/mol. The summed E-state index contributed by atoms with van der Waals surface area (Å²) in [4.78, 5) is 28.0.